The van der Waals surface area contributed by atoms with Crippen molar-refractivity contribution in [3.05, 3.63) is 59.7 Å². The van der Waals surface area contributed by atoms with Gasteiger partial charge >= 0.3 is 0 Å². The molecule has 2 aliphatic rings. The Hall–Kier alpha value is -2.78. The highest BCUT2D eigenvalue weighted by Crippen LogP contribution is 2.24. The molecule has 0 N–H and O–H groups in total. The first-order chi connectivity index (χ1) is 16.1. The minimum absolute atomic E-state index is 0.157. The number of hydrogen-bond donors (Lipinski definition) is 0. The van der Waals surface area contributed by atoms with Crippen LogP contribution in [0.3, 0.4) is 0 Å². The molecule has 2 saturated heterocycles. The lowest BCUT2D eigenvalue weighted by molar-refractivity contribution is -0.141. The van der Waals surface area contributed by atoms with E-state index in [0.29, 0.717) is 49.1 Å². The van der Waals surface area contributed by atoms with Crippen LogP contribution in [-0.2, 0) is 18.9 Å². The second kappa shape index (κ2) is 9.84. The summed E-state index contributed by atoms with van der Waals surface area (Å²) in [5.41, 5.74) is 0.584. The number of carbonyl (C=O) groups is 2. The summed E-state index contributed by atoms with van der Waals surface area (Å²) in [6.07, 6.45) is -0.314. The van der Waals surface area contributed by atoms with E-state index in [1.54, 1.807) is 48.5 Å². The molecular formula is C26H30O8. The van der Waals surface area contributed by atoms with Gasteiger partial charge in [-0.25, -0.2) is 0 Å². The molecule has 2 aromatic rings. The first-order valence-electron chi connectivity index (χ1n) is 11.3. The Labute approximate surface area is 199 Å². The first kappa shape index (κ1) is 24.3. The van der Waals surface area contributed by atoms with E-state index >= 15 is 0 Å². The normalized spacial score (nSPS) is 22.9. The number of carbonyl (C=O) groups excluding carboxylic acids is 2. The van der Waals surface area contributed by atoms with Crippen molar-refractivity contribution in [2.24, 2.45) is 0 Å². The molecule has 8 nitrogen and oxygen atoms in total. The summed E-state index contributed by atoms with van der Waals surface area (Å²) < 4.78 is 33.9. The molecule has 0 saturated carbocycles. The molecule has 0 radical (unpaired) electrons. The van der Waals surface area contributed by atoms with Gasteiger partial charge in [-0.3, -0.25) is 9.59 Å². The van der Waals surface area contributed by atoms with E-state index in [-0.39, 0.29) is 12.2 Å². The Morgan fingerprint density at radius 3 is 1.35 bits per heavy atom. The number of hydrogen-bond acceptors (Lipinski definition) is 8. The molecule has 0 aromatic heterocycles. The van der Waals surface area contributed by atoms with Gasteiger partial charge in [0.25, 0.3) is 0 Å². The molecule has 2 heterocycles. The highest BCUT2D eigenvalue weighted by molar-refractivity contribution is 6.49. The molecular weight excluding hydrogens is 440 g/mol. The van der Waals surface area contributed by atoms with Gasteiger partial charge < -0.3 is 28.4 Å². The van der Waals surface area contributed by atoms with Crippen LogP contribution < -0.4 is 9.47 Å². The molecule has 0 aliphatic carbocycles. The number of Topliss-reactive ketones (excluding diaryl/α,β-unsaturated/α-hetero) is 2. The maximum Gasteiger partial charge on any atom is 0.233 e. The van der Waals surface area contributed by atoms with Gasteiger partial charge in [-0.15, -0.1) is 0 Å². The lowest BCUT2D eigenvalue weighted by Crippen LogP contribution is -2.25. The molecule has 34 heavy (non-hydrogen) atoms. The third-order valence-electron chi connectivity index (χ3n) is 5.45. The highest BCUT2D eigenvalue weighted by Gasteiger charge is 2.34. The fraction of sp³-hybridized carbons (Fsp3) is 0.462. The predicted molar refractivity (Wildman–Crippen MR) is 122 cm³/mol. The standard InChI is InChI=1S/C26H30O8/c1-25(2)31-15-21(33-25)13-29-19-9-5-17(6-10-19)23(27)24(28)18-7-11-20(12-8-18)30-14-22-16-32-26(3,4)34-22/h5-12,21-22H,13-16H2,1-4H3/t21-,22-/m0/s1. The van der Waals surface area contributed by atoms with Crippen molar-refractivity contribution in [3.8, 4) is 11.5 Å². The average molecular weight is 471 g/mol. The maximum atomic E-state index is 12.7. The summed E-state index contributed by atoms with van der Waals surface area (Å²) in [6.45, 7) is 9.01. The van der Waals surface area contributed by atoms with E-state index in [0.717, 1.165) is 0 Å². The summed E-state index contributed by atoms with van der Waals surface area (Å²) in [6, 6.07) is 13.0. The molecule has 8 heteroatoms. The van der Waals surface area contributed by atoms with Crippen molar-refractivity contribution < 1.29 is 38.0 Å². The predicted octanol–water partition coefficient (Wildman–Crippen LogP) is 3.81. The third-order valence-corrected chi connectivity index (χ3v) is 5.45. The van der Waals surface area contributed by atoms with Crippen LogP contribution in [0.5, 0.6) is 11.5 Å². The second-order valence-electron chi connectivity index (χ2n) is 9.23. The van der Waals surface area contributed by atoms with Crippen LogP contribution in [0.15, 0.2) is 48.5 Å². The fourth-order valence-corrected chi connectivity index (χ4v) is 3.74. The first-order valence-corrected chi connectivity index (χ1v) is 11.3. The van der Waals surface area contributed by atoms with Gasteiger partial charge in [0.2, 0.25) is 11.6 Å². The van der Waals surface area contributed by atoms with Gasteiger partial charge in [-0.1, -0.05) is 0 Å². The average Bonchev–Trinajstić information content (AvgIpc) is 3.36. The fourth-order valence-electron chi connectivity index (χ4n) is 3.74. The number of rotatable bonds is 9. The van der Waals surface area contributed by atoms with Gasteiger partial charge in [0, 0.05) is 11.1 Å². The summed E-state index contributed by atoms with van der Waals surface area (Å²) >= 11 is 0. The minimum Gasteiger partial charge on any atom is -0.491 e. The Morgan fingerprint density at radius 2 is 1.06 bits per heavy atom. The number of ether oxygens (including phenoxy) is 6. The lowest BCUT2D eigenvalue weighted by atomic mass is 10.0. The smallest absolute Gasteiger partial charge is 0.233 e. The monoisotopic (exact) mass is 470 g/mol. The van der Waals surface area contributed by atoms with Crippen LogP contribution >= 0.6 is 0 Å². The molecule has 2 atom stereocenters. The molecule has 2 aliphatic heterocycles. The quantitative estimate of drug-likeness (QED) is 0.404. The molecule has 0 unspecified atom stereocenters. The Bertz CT molecular complexity index is 927. The summed E-state index contributed by atoms with van der Waals surface area (Å²) in [7, 11) is 0. The van der Waals surface area contributed by atoms with E-state index in [9.17, 15) is 9.59 Å². The van der Waals surface area contributed by atoms with Crippen molar-refractivity contribution >= 4 is 11.6 Å². The zero-order chi connectivity index (χ0) is 24.3. The van der Waals surface area contributed by atoms with Crippen LogP contribution in [-0.4, -0.2) is 61.8 Å². The van der Waals surface area contributed by atoms with Crippen LogP contribution in [0.1, 0.15) is 48.4 Å². The van der Waals surface area contributed by atoms with E-state index in [1.807, 2.05) is 27.7 Å². The van der Waals surface area contributed by atoms with Crippen LogP contribution in [0.25, 0.3) is 0 Å². The third kappa shape index (κ3) is 6.21. The highest BCUT2D eigenvalue weighted by atomic mass is 16.8. The summed E-state index contributed by atoms with van der Waals surface area (Å²) in [4.78, 5) is 25.3. The van der Waals surface area contributed by atoms with Crippen molar-refractivity contribution in [3.63, 3.8) is 0 Å². The number of ketones is 2. The largest absolute Gasteiger partial charge is 0.491 e. The van der Waals surface area contributed by atoms with E-state index in [2.05, 4.69) is 0 Å². The summed E-state index contributed by atoms with van der Waals surface area (Å²) in [5, 5.41) is 0. The van der Waals surface area contributed by atoms with Gasteiger partial charge in [0.15, 0.2) is 11.6 Å². The Balaban J connectivity index is 1.27. The van der Waals surface area contributed by atoms with Crippen LogP contribution in [0.4, 0.5) is 0 Å². The molecule has 2 fully saturated rings. The van der Waals surface area contributed by atoms with Gasteiger partial charge in [-0.2, -0.15) is 0 Å². The molecule has 2 aromatic carbocycles. The molecule has 0 amide bonds. The van der Waals surface area contributed by atoms with Crippen LogP contribution in [0.2, 0.25) is 0 Å². The molecule has 182 valence electrons. The lowest BCUT2D eigenvalue weighted by Gasteiger charge is -2.17. The van der Waals surface area contributed by atoms with Crippen molar-refractivity contribution in [1.29, 1.82) is 0 Å². The Kier molecular flexibility index (Phi) is 7.04. The van der Waals surface area contributed by atoms with Gasteiger partial charge in [0.05, 0.1) is 13.2 Å². The summed E-state index contributed by atoms with van der Waals surface area (Å²) in [5.74, 6) is -1.23. The van der Waals surface area contributed by atoms with Crippen molar-refractivity contribution in [2.45, 2.75) is 51.5 Å². The zero-order valence-corrected chi connectivity index (χ0v) is 19.9. The second-order valence-corrected chi connectivity index (χ2v) is 9.23. The Morgan fingerprint density at radius 1 is 0.706 bits per heavy atom. The number of benzene rings is 2. The maximum absolute atomic E-state index is 12.7. The van der Waals surface area contributed by atoms with Gasteiger partial charge in [-0.05, 0) is 76.2 Å². The topological polar surface area (TPSA) is 89.5 Å². The minimum atomic E-state index is -0.606. The van der Waals surface area contributed by atoms with E-state index < -0.39 is 23.1 Å². The molecule has 4 rings (SSSR count). The van der Waals surface area contributed by atoms with Crippen LogP contribution in [0, 0.1) is 0 Å². The SMILES string of the molecule is CC1(C)OC[C@H](COc2ccc(C(=O)C(=O)c3ccc(OC[C@H]4COC(C)(C)O4)cc3)cc2)O1. The van der Waals surface area contributed by atoms with Crippen molar-refractivity contribution in [2.75, 3.05) is 26.4 Å². The van der Waals surface area contributed by atoms with Gasteiger partial charge in [0.1, 0.15) is 36.9 Å². The van der Waals surface area contributed by atoms with E-state index in [1.165, 1.54) is 0 Å². The van der Waals surface area contributed by atoms with E-state index in [4.69, 9.17) is 28.4 Å². The molecule has 0 spiro atoms. The molecule has 0 bridgehead atoms. The zero-order valence-electron chi connectivity index (χ0n) is 19.9. The van der Waals surface area contributed by atoms with Crippen molar-refractivity contribution in [1.82, 2.24) is 0 Å².